The molecule has 3 aromatic rings. The minimum atomic E-state index is 0.358. The molecule has 6 rings (SSSR count). The zero-order valence-electron chi connectivity index (χ0n) is 15.6. The summed E-state index contributed by atoms with van der Waals surface area (Å²) in [5.41, 5.74) is 3.55. The molecule has 0 aromatic carbocycles. The van der Waals surface area contributed by atoms with Crippen molar-refractivity contribution in [3.8, 4) is 17.1 Å². The molecule has 144 valence electrons. The van der Waals surface area contributed by atoms with E-state index in [0.29, 0.717) is 24.0 Å². The van der Waals surface area contributed by atoms with Crippen LogP contribution in [0, 0.1) is 0 Å². The highest BCUT2D eigenvalue weighted by molar-refractivity contribution is 5.61. The Morgan fingerprint density at radius 2 is 2.07 bits per heavy atom. The molecule has 1 aliphatic heterocycles. The van der Waals surface area contributed by atoms with Gasteiger partial charge in [0.1, 0.15) is 17.1 Å². The van der Waals surface area contributed by atoms with Gasteiger partial charge in [0.15, 0.2) is 5.65 Å². The molecule has 3 aromatic heterocycles. The Bertz CT molecular complexity index is 1020. The van der Waals surface area contributed by atoms with Crippen molar-refractivity contribution in [2.45, 2.75) is 50.2 Å². The smallest absolute Gasteiger partial charge is 0.223 e. The molecule has 1 saturated heterocycles. The van der Waals surface area contributed by atoms with E-state index in [2.05, 4.69) is 20.6 Å². The van der Waals surface area contributed by atoms with E-state index in [1.165, 1.54) is 12.8 Å². The monoisotopic (exact) mass is 377 g/mol. The van der Waals surface area contributed by atoms with Crippen LogP contribution in [-0.2, 0) is 0 Å². The quantitative estimate of drug-likeness (QED) is 0.682. The Morgan fingerprint density at radius 1 is 1.14 bits per heavy atom. The summed E-state index contributed by atoms with van der Waals surface area (Å²) in [6, 6.07) is 4.32. The summed E-state index contributed by atoms with van der Waals surface area (Å²) < 4.78 is 8.02. The Labute approximate surface area is 162 Å². The lowest BCUT2D eigenvalue weighted by Crippen LogP contribution is -2.23. The van der Waals surface area contributed by atoms with Gasteiger partial charge in [-0.3, -0.25) is 0 Å². The lowest BCUT2D eigenvalue weighted by atomic mass is 10.2. The van der Waals surface area contributed by atoms with Gasteiger partial charge in [0.2, 0.25) is 5.95 Å². The van der Waals surface area contributed by atoms with Gasteiger partial charge in [-0.2, -0.15) is 5.10 Å². The van der Waals surface area contributed by atoms with Crippen molar-refractivity contribution in [3.05, 3.63) is 30.2 Å². The van der Waals surface area contributed by atoms with Gasteiger partial charge in [-0.15, -0.1) is 0 Å². The summed E-state index contributed by atoms with van der Waals surface area (Å²) in [4.78, 5) is 13.7. The molecule has 3 fully saturated rings. The summed E-state index contributed by atoms with van der Waals surface area (Å²) in [7, 11) is 0. The third kappa shape index (κ3) is 3.07. The first-order valence-corrected chi connectivity index (χ1v) is 10.2. The minimum absolute atomic E-state index is 0.358. The average molecular weight is 377 g/mol. The van der Waals surface area contributed by atoms with Crippen LogP contribution < -0.4 is 15.4 Å². The molecule has 28 heavy (non-hydrogen) atoms. The number of aromatic nitrogens is 5. The number of fused-ring (bicyclic) bond motifs is 1. The average Bonchev–Trinajstić information content (AvgIpc) is 3.63. The van der Waals surface area contributed by atoms with E-state index in [-0.39, 0.29) is 0 Å². The lowest BCUT2D eigenvalue weighted by molar-refractivity contribution is 0.297. The fraction of sp³-hybridized carbons (Fsp3) is 0.500. The van der Waals surface area contributed by atoms with E-state index < -0.39 is 0 Å². The van der Waals surface area contributed by atoms with Gasteiger partial charge in [0.05, 0.1) is 18.0 Å². The second-order valence-corrected chi connectivity index (χ2v) is 8.00. The zero-order valence-corrected chi connectivity index (χ0v) is 15.6. The van der Waals surface area contributed by atoms with Crippen molar-refractivity contribution in [2.75, 3.05) is 18.4 Å². The number of nitrogens with zero attached hydrogens (tertiary/aromatic N) is 5. The van der Waals surface area contributed by atoms with Gasteiger partial charge >= 0.3 is 0 Å². The summed E-state index contributed by atoms with van der Waals surface area (Å²) >= 11 is 0. The van der Waals surface area contributed by atoms with Crippen LogP contribution in [0.4, 0.5) is 5.95 Å². The SMILES string of the molecule is c1cc(-c2cnc3cc(OC4CC4)c(C4CC4)nn23)nc(NC2CCNC2)n1. The van der Waals surface area contributed by atoms with Gasteiger partial charge in [0.25, 0.3) is 0 Å². The Balaban J connectivity index is 1.36. The first-order valence-electron chi connectivity index (χ1n) is 10.2. The molecule has 8 nitrogen and oxygen atoms in total. The van der Waals surface area contributed by atoms with Crippen molar-refractivity contribution in [1.82, 2.24) is 29.9 Å². The van der Waals surface area contributed by atoms with E-state index in [0.717, 1.165) is 60.8 Å². The highest BCUT2D eigenvalue weighted by Crippen LogP contribution is 2.44. The number of anilines is 1. The maximum atomic E-state index is 6.12. The van der Waals surface area contributed by atoms with Gasteiger partial charge in [0, 0.05) is 30.8 Å². The van der Waals surface area contributed by atoms with Gasteiger partial charge in [-0.05, 0) is 44.7 Å². The van der Waals surface area contributed by atoms with Gasteiger partial charge in [-0.1, -0.05) is 0 Å². The van der Waals surface area contributed by atoms with Crippen LogP contribution in [0.3, 0.4) is 0 Å². The molecule has 1 atom stereocenters. The van der Waals surface area contributed by atoms with E-state index in [1.54, 1.807) is 6.20 Å². The molecule has 1 unspecified atom stereocenters. The number of ether oxygens (including phenoxy) is 1. The maximum absolute atomic E-state index is 6.12. The predicted molar refractivity (Wildman–Crippen MR) is 105 cm³/mol. The van der Waals surface area contributed by atoms with Crippen LogP contribution in [0.1, 0.15) is 43.7 Å². The Hall–Kier alpha value is -2.74. The molecule has 2 aliphatic carbocycles. The molecular formula is C20H23N7O. The van der Waals surface area contributed by atoms with E-state index in [9.17, 15) is 0 Å². The predicted octanol–water partition coefficient (Wildman–Crippen LogP) is 2.38. The first-order chi connectivity index (χ1) is 13.8. The topological polar surface area (TPSA) is 89.3 Å². The fourth-order valence-electron chi connectivity index (χ4n) is 3.72. The van der Waals surface area contributed by atoms with Crippen molar-refractivity contribution in [1.29, 1.82) is 0 Å². The van der Waals surface area contributed by atoms with Crippen LogP contribution in [-0.4, -0.2) is 49.8 Å². The zero-order chi connectivity index (χ0) is 18.5. The third-order valence-corrected chi connectivity index (χ3v) is 5.58. The molecule has 0 spiro atoms. The number of hydrogen-bond donors (Lipinski definition) is 2. The maximum Gasteiger partial charge on any atom is 0.223 e. The van der Waals surface area contributed by atoms with Crippen LogP contribution in [0.15, 0.2) is 24.5 Å². The molecule has 0 radical (unpaired) electrons. The normalized spacial score (nSPS) is 21.9. The molecule has 0 amide bonds. The van der Waals surface area contributed by atoms with Crippen molar-refractivity contribution >= 4 is 11.6 Å². The standard InChI is InChI=1S/C20H23N7O/c1-2-12(1)19-17(28-14-3-4-14)9-18-23-11-16(27(18)26-19)15-6-8-22-20(25-15)24-13-5-7-21-10-13/h6,8-9,11-14,21H,1-5,7,10H2,(H,22,24,25). The van der Waals surface area contributed by atoms with Gasteiger partial charge in [-0.25, -0.2) is 19.5 Å². The summed E-state index contributed by atoms with van der Waals surface area (Å²) in [6.45, 7) is 1.98. The van der Waals surface area contributed by atoms with Crippen LogP contribution in [0.25, 0.3) is 17.0 Å². The summed E-state index contributed by atoms with van der Waals surface area (Å²) in [5.74, 6) is 2.07. The van der Waals surface area contributed by atoms with Crippen molar-refractivity contribution in [2.24, 2.45) is 0 Å². The summed E-state index contributed by atoms with van der Waals surface area (Å²) in [6.07, 6.45) is 9.71. The van der Waals surface area contributed by atoms with Crippen LogP contribution in [0.5, 0.6) is 5.75 Å². The number of hydrogen-bond acceptors (Lipinski definition) is 7. The molecule has 4 heterocycles. The molecule has 0 bridgehead atoms. The molecule has 3 aliphatic rings. The number of rotatable bonds is 6. The molecular weight excluding hydrogens is 354 g/mol. The number of imidazole rings is 1. The summed E-state index contributed by atoms with van der Waals surface area (Å²) in [5, 5.41) is 11.7. The van der Waals surface area contributed by atoms with E-state index in [4.69, 9.17) is 14.8 Å². The van der Waals surface area contributed by atoms with Crippen LogP contribution >= 0.6 is 0 Å². The van der Waals surface area contributed by atoms with E-state index >= 15 is 0 Å². The lowest BCUT2D eigenvalue weighted by Gasteiger charge is -2.12. The second-order valence-electron chi connectivity index (χ2n) is 8.00. The van der Waals surface area contributed by atoms with Crippen molar-refractivity contribution < 1.29 is 4.74 Å². The molecule has 2 N–H and O–H groups in total. The first kappa shape index (κ1) is 16.2. The van der Waals surface area contributed by atoms with Crippen molar-refractivity contribution in [3.63, 3.8) is 0 Å². The second kappa shape index (κ2) is 6.41. The van der Waals surface area contributed by atoms with E-state index in [1.807, 2.05) is 22.8 Å². The highest BCUT2D eigenvalue weighted by atomic mass is 16.5. The highest BCUT2D eigenvalue weighted by Gasteiger charge is 2.33. The van der Waals surface area contributed by atoms with Gasteiger partial charge < -0.3 is 15.4 Å². The fourth-order valence-corrected chi connectivity index (χ4v) is 3.72. The largest absolute Gasteiger partial charge is 0.488 e. The minimum Gasteiger partial charge on any atom is -0.488 e. The Morgan fingerprint density at radius 3 is 2.86 bits per heavy atom. The number of nitrogens with one attached hydrogen (secondary N) is 2. The molecule has 8 heteroatoms. The third-order valence-electron chi connectivity index (χ3n) is 5.58. The van der Waals surface area contributed by atoms with Crippen LogP contribution in [0.2, 0.25) is 0 Å². The molecule has 2 saturated carbocycles. The Kier molecular flexibility index (Phi) is 3.72.